The van der Waals surface area contributed by atoms with Crippen LogP contribution in [0.15, 0.2) is 11.6 Å². The van der Waals surface area contributed by atoms with Gasteiger partial charge in [0.05, 0.1) is 6.10 Å². The number of hydrogen-bond donors (Lipinski definition) is 0. The predicted molar refractivity (Wildman–Crippen MR) is 70.6 cm³/mol. The molecule has 2 unspecified atom stereocenters. The van der Waals surface area contributed by atoms with Crippen molar-refractivity contribution < 1.29 is 4.74 Å². The first-order valence-electron chi connectivity index (χ1n) is 6.75. The summed E-state index contributed by atoms with van der Waals surface area (Å²) in [6.07, 6.45) is 7.71. The molecule has 1 rings (SSSR count). The van der Waals surface area contributed by atoms with E-state index in [1.54, 1.807) is 5.57 Å². The minimum Gasteiger partial charge on any atom is -0.378 e. The standard InChI is InChI=1S/C15H28O/c1-6-8-12(7-2)13-9-10-16-14(11-13)15(3,4)5/h7,13-14H,6,8-11H2,1-5H3/b12-7-. The van der Waals surface area contributed by atoms with Crippen molar-refractivity contribution in [3.8, 4) is 0 Å². The van der Waals surface area contributed by atoms with E-state index in [2.05, 4.69) is 40.7 Å². The van der Waals surface area contributed by atoms with Gasteiger partial charge in [-0.2, -0.15) is 0 Å². The van der Waals surface area contributed by atoms with Crippen LogP contribution in [-0.2, 0) is 4.74 Å². The molecule has 0 aromatic rings. The maximum atomic E-state index is 5.92. The van der Waals surface area contributed by atoms with Crippen molar-refractivity contribution in [3.05, 3.63) is 11.6 Å². The first-order valence-corrected chi connectivity index (χ1v) is 6.75. The third-order valence-electron chi connectivity index (χ3n) is 3.68. The monoisotopic (exact) mass is 224 g/mol. The van der Waals surface area contributed by atoms with E-state index in [1.165, 1.54) is 25.7 Å². The molecule has 0 N–H and O–H groups in total. The van der Waals surface area contributed by atoms with Crippen LogP contribution in [0.2, 0.25) is 0 Å². The van der Waals surface area contributed by atoms with E-state index in [-0.39, 0.29) is 5.41 Å². The molecule has 1 fully saturated rings. The van der Waals surface area contributed by atoms with Crippen LogP contribution >= 0.6 is 0 Å². The Morgan fingerprint density at radius 3 is 2.56 bits per heavy atom. The zero-order chi connectivity index (χ0) is 12.2. The van der Waals surface area contributed by atoms with E-state index in [0.29, 0.717) is 6.10 Å². The lowest BCUT2D eigenvalue weighted by atomic mass is 9.78. The lowest BCUT2D eigenvalue weighted by Crippen LogP contribution is -2.36. The molecular weight excluding hydrogens is 196 g/mol. The van der Waals surface area contributed by atoms with Crippen LogP contribution in [0.4, 0.5) is 0 Å². The molecule has 1 heterocycles. The third kappa shape index (κ3) is 3.62. The smallest absolute Gasteiger partial charge is 0.0629 e. The first-order chi connectivity index (χ1) is 7.49. The Balaban J connectivity index is 2.63. The van der Waals surface area contributed by atoms with Crippen LogP contribution < -0.4 is 0 Å². The van der Waals surface area contributed by atoms with E-state index in [0.717, 1.165) is 12.5 Å². The molecule has 0 spiro atoms. The molecule has 1 saturated heterocycles. The molecule has 1 heteroatoms. The van der Waals surface area contributed by atoms with Gasteiger partial charge in [-0.1, -0.05) is 45.8 Å². The Morgan fingerprint density at radius 1 is 1.38 bits per heavy atom. The average molecular weight is 224 g/mol. The summed E-state index contributed by atoms with van der Waals surface area (Å²) in [6, 6.07) is 0. The van der Waals surface area contributed by atoms with Crippen molar-refractivity contribution in [2.75, 3.05) is 6.61 Å². The molecule has 0 aliphatic carbocycles. The van der Waals surface area contributed by atoms with Crippen molar-refractivity contribution in [2.45, 2.75) is 66.4 Å². The van der Waals surface area contributed by atoms with Crippen molar-refractivity contribution >= 4 is 0 Å². The Labute approximate surface area is 101 Å². The zero-order valence-electron chi connectivity index (χ0n) is 11.7. The SMILES string of the molecule is C/C=C(/CCC)C1CCOC(C(C)(C)C)C1. The van der Waals surface area contributed by atoms with E-state index in [9.17, 15) is 0 Å². The molecule has 0 aromatic carbocycles. The third-order valence-corrected chi connectivity index (χ3v) is 3.68. The van der Waals surface area contributed by atoms with Gasteiger partial charge < -0.3 is 4.74 Å². The van der Waals surface area contributed by atoms with Crippen LogP contribution in [0.5, 0.6) is 0 Å². The highest BCUT2D eigenvalue weighted by molar-refractivity contribution is 5.07. The van der Waals surface area contributed by atoms with Crippen molar-refractivity contribution in [1.29, 1.82) is 0 Å². The second-order valence-electron chi connectivity index (χ2n) is 6.06. The lowest BCUT2D eigenvalue weighted by Gasteiger charge is -2.38. The van der Waals surface area contributed by atoms with Crippen LogP contribution in [0.3, 0.4) is 0 Å². The summed E-state index contributed by atoms with van der Waals surface area (Å²) < 4.78 is 5.92. The summed E-state index contributed by atoms with van der Waals surface area (Å²) in [6.45, 7) is 12.3. The average Bonchev–Trinajstić information content (AvgIpc) is 2.25. The van der Waals surface area contributed by atoms with Gasteiger partial charge in [0.2, 0.25) is 0 Å². The number of allylic oxidation sites excluding steroid dienone is 2. The Kier molecular flexibility index (Phi) is 5.04. The molecule has 16 heavy (non-hydrogen) atoms. The van der Waals surface area contributed by atoms with Crippen LogP contribution in [0.1, 0.15) is 60.3 Å². The normalized spacial score (nSPS) is 28.2. The second kappa shape index (κ2) is 5.86. The van der Waals surface area contributed by atoms with Crippen LogP contribution in [-0.4, -0.2) is 12.7 Å². The molecule has 1 aliphatic heterocycles. The maximum absolute atomic E-state index is 5.92. The van der Waals surface area contributed by atoms with Gasteiger partial charge in [-0.05, 0) is 37.5 Å². The van der Waals surface area contributed by atoms with E-state index in [1.807, 2.05) is 0 Å². The van der Waals surface area contributed by atoms with E-state index >= 15 is 0 Å². The number of hydrogen-bond acceptors (Lipinski definition) is 1. The van der Waals surface area contributed by atoms with E-state index < -0.39 is 0 Å². The van der Waals surface area contributed by atoms with Gasteiger partial charge in [-0.3, -0.25) is 0 Å². The largest absolute Gasteiger partial charge is 0.378 e. The van der Waals surface area contributed by atoms with Crippen molar-refractivity contribution in [3.63, 3.8) is 0 Å². The lowest BCUT2D eigenvalue weighted by molar-refractivity contribution is -0.0614. The van der Waals surface area contributed by atoms with Gasteiger partial charge in [-0.15, -0.1) is 0 Å². The molecule has 94 valence electrons. The second-order valence-corrected chi connectivity index (χ2v) is 6.06. The highest BCUT2D eigenvalue weighted by Gasteiger charge is 2.32. The molecule has 2 atom stereocenters. The molecular formula is C15H28O. The zero-order valence-corrected chi connectivity index (χ0v) is 11.7. The summed E-state index contributed by atoms with van der Waals surface area (Å²) in [5.41, 5.74) is 1.93. The van der Waals surface area contributed by atoms with E-state index in [4.69, 9.17) is 4.74 Å². The fourth-order valence-corrected chi connectivity index (χ4v) is 2.61. The highest BCUT2D eigenvalue weighted by Crippen LogP contribution is 2.36. The van der Waals surface area contributed by atoms with Crippen molar-refractivity contribution in [2.24, 2.45) is 11.3 Å². The number of ether oxygens (including phenoxy) is 1. The number of rotatable bonds is 3. The molecule has 0 saturated carbocycles. The molecule has 0 bridgehead atoms. The molecule has 1 aliphatic rings. The van der Waals surface area contributed by atoms with Gasteiger partial charge in [0.15, 0.2) is 0 Å². The van der Waals surface area contributed by atoms with Crippen LogP contribution in [0, 0.1) is 11.3 Å². The topological polar surface area (TPSA) is 9.23 Å². The Morgan fingerprint density at radius 2 is 2.06 bits per heavy atom. The fraction of sp³-hybridized carbons (Fsp3) is 0.867. The summed E-state index contributed by atoms with van der Waals surface area (Å²) >= 11 is 0. The summed E-state index contributed by atoms with van der Waals surface area (Å²) in [4.78, 5) is 0. The van der Waals surface area contributed by atoms with Crippen LogP contribution in [0.25, 0.3) is 0 Å². The molecule has 0 radical (unpaired) electrons. The summed E-state index contributed by atoms with van der Waals surface area (Å²) in [5, 5.41) is 0. The Hall–Kier alpha value is -0.300. The first kappa shape index (κ1) is 13.8. The van der Waals surface area contributed by atoms with Gasteiger partial charge in [0.1, 0.15) is 0 Å². The Bertz CT molecular complexity index is 234. The minimum absolute atomic E-state index is 0.281. The minimum atomic E-state index is 0.281. The van der Waals surface area contributed by atoms with Gasteiger partial charge in [0.25, 0.3) is 0 Å². The fourth-order valence-electron chi connectivity index (χ4n) is 2.61. The molecule has 0 aromatic heterocycles. The predicted octanol–water partition coefficient (Wildman–Crippen LogP) is 4.57. The highest BCUT2D eigenvalue weighted by atomic mass is 16.5. The van der Waals surface area contributed by atoms with Gasteiger partial charge >= 0.3 is 0 Å². The maximum Gasteiger partial charge on any atom is 0.0629 e. The van der Waals surface area contributed by atoms with Gasteiger partial charge in [0, 0.05) is 6.61 Å². The van der Waals surface area contributed by atoms with Gasteiger partial charge in [-0.25, -0.2) is 0 Å². The summed E-state index contributed by atoms with van der Waals surface area (Å²) in [7, 11) is 0. The quantitative estimate of drug-likeness (QED) is 0.638. The van der Waals surface area contributed by atoms with Crippen molar-refractivity contribution in [1.82, 2.24) is 0 Å². The molecule has 1 nitrogen and oxygen atoms in total. The summed E-state index contributed by atoms with van der Waals surface area (Å²) in [5.74, 6) is 0.767. The molecule has 0 amide bonds.